The first kappa shape index (κ1) is 8.71. The molecule has 0 rings (SSSR count). The van der Waals surface area contributed by atoms with Gasteiger partial charge >= 0.3 is 15.5 Å². The van der Waals surface area contributed by atoms with Crippen LogP contribution in [0, 0.1) is 15.0 Å². The van der Waals surface area contributed by atoms with E-state index in [2.05, 4.69) is 5.14 Å². The van der Waals surface area contributed by atoms with Crippen LogP contribution >= 0.6 is 0 Å². The van der Waals surface area contributed by atoms with Crippen molar-refractivity contribution >= 4 is 10.2 Å². The molecule has 0 unspecified atom stereocenters. The van der Waals surface area contributed by atoms with E-state index < -0.39 is 19.8 Å². The van der Waals surface area contributed by atoms with Gasteiger partial charge in [-0.15, -0.1) is 0 Å². The molecule has 0 spiro atoms. The van der Waals surface area contributed by atoms with E-state index in [-0.39, 0.29) is 0 Å². The Morgan fingerprint density at radius 3 is 2.00 bits per heavy atom. The maximum atomic E-state index is 9.97. The average Bonchev–Trinajstić information content (AvgIpc) is 1.60. The molecule has 0 bridgehead atoms. The summed E-state index contributed by atoms with van der Waals surface area (Å²) in [5.41, 5.74) is 0. The van der Waals surface area contributed by atoms with Crippen LogP contribution in [-0.2, 0) is 10.2 Å². The van der Waals surface area contributed by atoms with Crippen molar-refractivity contribution in [2.75, 3.05) is 0 Å². The molecule has 0 aliphatic rings. The van der Waals surface area contributed by atoms with Crippen LogP contribution < -0.4 is 5.14 Å². The number of nitro groups is 1. The molecule has 2 N–H and O–H groups in total. The average molecular weight is 170 g/mol. The summed E-state index contributed by atoms with van der Waals surface area (Å²) in [4.78, 5) is 18.9. The number of hydrogen-bond donors (Lipinski definition) is 1. The van der Waals surface area contributed by atoms with E-state index >= 15 is 0 Å². The van der Waals surface area contributed by atoms with Gasteiger partial charge in [0.15, 0.2) is 4.52 Å². The molecule has 0 aliphatic heterocycles. The zero-order valence-corrected chi connectivity index (χ0v) is 5.18. The molecule has 0 aromatic rings. The maximum Gasteiger partial charge on any atom is 0.375 e. The number of rotatable bonds is 3. The van der Waals surface area contributed by atoms with Crippen molar-refractivity contribution in [2.24, 2.45) is 10.4 Å². The van der Waals surface area contributed by atoms with Crippen molar-refractivity contribution in [1.82, 2.24) is 4.52 Å². The summed E-state index contributed by atoms with van der Waals surface area (Å²) in [7, 11) is -4.66. The third kappa shape index (κ3) is 1.91. The Labute approximate surface area is 54.7 Å². The van der Waals surface area contributed by atoms with E-state index in [4.69, 9.17) is 0 Å². The van der Waals surface area contributed by atoms with Crippen LogP contribution in [-0.4, -0.2) is 18.0 Å². The van der Waals surface area contributed by atoms with Crippen LogP contribution in [0.1, 0.15) is 0 Å². The molecule has 0 amide bonds. The van der Waals surface area contributed by atoms with Crippen molar-refractivity contribution in [2.45, 2.75) is 0 Å². The molecule has 0 aromatic heterocycles. The molecule has 9 nitrogen and oxygen atoms in total. The van der Waals surface area contributed by atoms with Crippen molar-refractivity contribution in [1.29, 1.82) is 0 Å². The molecule has 0 saturated heterocycles. The summed E-state index contributed by atoms with van der Waals surface area (Å²) in [6, 6.07) is 0. The molecule has 10 heavy (non-hydrogen) atoms. The second-order valence-corrected chi connectivity index (χ2v) is 2.44. The lowest BCUT2D eigenvalue weighted by Gasteiger charge is -1.98. The van der Waals surface area contributed by atoms with Gasteiger partial charge in [-0.1, -0.05) is 0 Å². The van der Waals surface area contributed by atoms with E-state index in [1.807, 2.05) is 0 Å². The molecule has 0 fully saturated rings. The molecule has 0 heterocycles. The van der Waals surface area contributed by atoms with Crippen LogP contribution in [0.15, 0.2) is 5.29 Å². The van der Waals surface area contributed by atoms with Gasteiger partial charge in [0.05, 0.1) is 5.03 Å². The molecule has 10 heteroatoms. The summed E-state index contributed by atoms with van der Waals surface area (Å²) in [5, 5.41) is 13.7. The fraction of sp³-hybridized carbons (Fsp3) is 0. The van der Waals surface area contributed by atoms with E-state index in [1.54, 1.807) is 0 Å². The first-order valence-corrected chi connectivity index (χ1v) is 3.20. The number of nitrogens with two attached hydrogens (primary N) is 1. The van der Waals surface area contributed by atoms with E-state index in [0.29, 0.717) is 0 Å². The molecule has 0 atom stereocenters. The lowest BCUT2D eigenvalue weighted by atomic mass is 12.4. The second kappa shape index (κ2) is 2.53. The third-order valence-corrected chi connectivity index (χ3v) is 1.09. The highest BCUT2D eigenvalue weighted by Gasteiger charge is 2.28. The Morgan fingerprint density at radius 2 is 2.00 bits per heavy atom. The number of hydrogen-bond acceptors (Lipinski definition) is 6. The Hall–Kier alpha value is -1.29. The van der Waals surface area contributed by atoms with Gasteiger partial charge < -0.3 is 10.1 Å². The standard InChI is InChI=1S/H2N4O5S/c1-10(8,9)3(2-5)4(6)7/h(H2,1,8,9). The number of nitroso groups, excluding NO2 is 1. The fourth-order valence-corrected chi connectivity index (χ4v) is 0.448. The summed E-state index contributed by atoms with van der Waals surface area (Å²) >= 11 is 0. The normalized spacial score (nSPS) is 10.5. The molecule has 0 aliphatic carbocycles. The highest BCUT2D eigenvalue weighted by Crippen LogP contribution is 1.93. The van der Waals surface area contributed by atoms with Gasteiger partial charge in [-0.05, 0) is 0 Å². The second-order valence-electron chi connectivity index (χ2n) is 1.09. The summed E-state index contributed by atoms with van der Waals surface area (Å²) in [5.74, 6) is 0. The van der Waals surface area contributed by atoms with Gasteiger partial charge in [-0.3, -0.25) is 0 Å². The summed E-state index contributed by atoms with van der Waals surface area (Å²) in [6.07, 6.45) is 0. The molecule has 58 valence electrons. The Balaban J connectivity index is 4.72. The molecular weight excluding hydrogens is 168 g/mol. The minimum atomic E-state index is -4.66. The SMILES string of the molecule is NS(=O)(=O)N(N=O)[N+](=O)[O-]. The van der Waals surface area contributed by atoms with E-state index in [0.717, 1.165) is 0 Å². The fourth-order valence-electron chi connectivity index (χ4n) is 0.169. The molecule has 0 radical (unpaired) electrons. The van der Waals surface area contributed by atoms with Gasteiger partial charge in [-0.2, -0.15) is 8.42 Å². The van der Waals surface area contributed by atoms with E-state index in [9.17, 15) is 23.4 Å². The Bertz CT molecular complexity index is 238. The maximum absolute atomic E-state index is 9.97. The quantitative estimate of drug-likeness (QED) is 0.308. The molecule has 0 aromatic carbocycles. The van der Waals surface area contributed by atoms with E-state index in [1.165, 1.54) is 5.29 Å². The minimum Gasteiger partial charge on any atom is -0.338 e. The Morgan fingerprint density at radius 1 is 1.60 bits per heavy atom. The van der Waals surface area contributed by atoms with Gasteiger partial charge in [0.25, 0.3) is 0 Å². The smallest absolute Gasteiger partial charge is 0.338 e. The zero-order chi connectivity index (χ0) is 8.36. The monoisotopic (exact) mass is 170 g/mol. The van der Waals surface area contributed by atoms with Gasteiger partial charge in [-0.25, -0.2) is 5.14 Å². The number of hydrazine groups is 1. The van der Waals surface area contributed by atoms with Crippen molar-refractivity contribution in [3.8, 4) is 0 Å². The van der Waals surface area contributed by atoms with Gasteiger partial charge in [0, 0.05) is 4.91 Å². The number of nitrogens with zero attached hydrogens (tertiary/aromatic N) is 3. The van der Waals surface area contributed by atoms with Crippen molar-refractivity contribution in [3.63, 3.8) is 0 Å². The lowest BCUT2D eigenvalue weighted by molar-refractivity contribution is -0.621. The Kier molecular flexibility index (Phi) is 2.20. The summed E-state index contributed by atoms with van der Waals surface area (Å²) < 4.78 is 19.0. The third-order valence-electron chi connectivity index (χ3n) is 0.437. The topological polar surface area (TPSA) is 136 Å². The minimum absolute atomic E-state index is 0.979. The molecular formula is H2N4O5S. The van der Waals surface area contributed by atoms with Crippen LogP contribution in [0.2, 0.25) is 0 Å². The predicted octanol–water partition coefficient (Wildman–Crippen LogP) is -1.63. The van der Waals surface area contributed by atoms with Crippen LogP contribution in [0.3, 0.4) is 0 Å². The van der Waals surface area contributed by atoms with Crippen LogP contribution in [0.25, 0.3) is 0 Å². The van der Waals surface area contributed by atoms with Crippen LogP contribution in [0.5, 0.6) is 0 Å². The summed E-state index contributed by atoms with van der Waals surface area (Å²) in [6.45, 7) is 0. The largest absolute Gasteiger partial charge is 0.375 e. The van der Waals surface area contributed by atoms with Crippen molar-refractivity contribution < 1.29 is 13.5 Å². The van der Waals surface area contributed by atoms with Gasteiger partial charge in [0.2, 0.25) is 0 Å². The van der Waals surface area contributed by atoms with Crippen molar-refractivity contribution in [3.05, 3.63) is 15.0 Å². The van der Waals surface area contributed by atoms with Gasteiger partial charge in [0.1, 0.15) is 0 Å². The predicted molar refractivity (Wildman–Crippen MR) is 27.7 cm³/mol. The highest BCUT2D eigenvalue weighted by molar-refractivity contribution is 7.86. The molecule has 0 saturated carbocycles. The highest BCUT2D eigenvalue weighted by atomic mass is 32.2. The zero-order valence-electron chi connectivity index (χ0n) is 4.37. The first-order chi connectivity index (χ1) is 4.39. The van der Waals surface area contributed by atoms with Crippen LogP contribution in [0.4, 0.5) is 0 Å². The lowest BCUT2D eigenvalue weighted by Crippen LogP contribution is -2.36. The first-order valence-electron chi connectivity index (χ1n) is 1.70.